The zero-order valence-corrected chi connectivity index (χ0v) is 14.3. The van der Waals surface area contributed by atoms with E-state index in [1.807, 2.05) is 18.2 Å². The van der Waals surface area contributed by atoms with E-state index in [1.54, 1.807) is 0 Å². The second kappa shape index (κ2) is 7.53. The molecule has 0 unspecified atom stereocenters. The second-order valence-corrected chi connectivity index (χ2v) is 6.65. The monoisotopic (exact) mass is 327 g/mol. The summed E-state index contributed by atoms with van der Waals surface area (Å²) in [6, 6.07) is 5.59. The van der Waals surface area contributed by atoms with E-state index in [9.17, 15) is 0 Å². The molecule has 0 saturated heterocycles. The maximum absolute atomic E-state index is 5.95. The molecule has 1 aliphatic carbocycles. The third kappa shape index (κ3) is 4.17. The van der Waals surface area contributed by atoms with Crippen LogP contribution in [0.25, 0.3) is 11.0 Å². The summed E-state index contributed by atoms with van der Waals surface area (Å²) in [5.41, 5.74) is 7.79. The lowest BCUT2D eigenvalue weighted by Gasteiger charge is -2.16. The first-order valence-electron chi connectivity index (χ1n) is 8.54. The number of rotatable bonds is 7. The smallest absolute Gasteiger partial charge is 0.174 e. The van der Waals surface area contributed by atoms with Crippen LogP contribution in [0.5, 0.6) is 5.75 Å². The first-order valence-corrected chi connectivity index (χ1v) is 8.54. The molecule has 1 aromatic carbocycles. The van der Waals surface area contributed by atoms with Gasteiger partial charge in [0.2, 0.25) is 0 Å². The lowest BCUT2D eigenvalue weighted by molar-refractivity contribution is 0.398. The van der Waals surface area contributed by atoms with Crippen molar-refractivity contribution in [3.63, 3.8) is 0 Å². The molecule has 0 atom stereocenters. The number of ether oxygens (including phenoxy) is 1. The fraction of sp³-hybridized carbons (Fsp3) is 0.421. The number of nitrogens with zero attached hydrogens (tertiary/aromatic N) is 1. The van der Waals surface area contributed by atoms with Gasteiger partial charge in [0.15, 0.2) is 11.4 Å². The molecule has 24 heavy (non-hydrogen) atoms. The van der Waals surface area contributed by atoms with Crippen LogP contribution in [0.15, 0.2) is 46.2 Å². The van der Waals surface area contributed by atoms with Crippen molar-refractivity contribution >= 4 is 16.8 Å². The van der Waals surface area contributed by atoms with E-state index >= 15 is 0 Å². The Hall–Kier alpha value is -2.27. The molecular formula is C19H25N3O2. The van der Waals surface area contributed by atoms with Gasteiger partial charge in [-0.05, 0) is 43.5 Å². The Bertz CT molecular complexity index is 759. The second-order valence-electron chi connectivity index (χ2n) is 6.65. The zero-order chi connectivity index (χ0) is 16.9. The topological polar surface area (TPSA) is 73.3 Å². The summed E-state index contributed by atoms with van der Waals surface area (Å²) in [5.74, 6) is 2.87. The summed E-state index contributed by atoms with van der Waals surface area (Å²) in [5, 5.41) is 8.07. The van der Waals surface area contributed by atoms with Gasteiger partial charge in [0.05, 0.1) is 5.39 Å². The van der Waals surface area contributed by atoms with Gasteiger partial charge in [-0.25, -0.2) is 0 Å². The largest absolute Gasteiger partial charge is 0.462 e. The fourth-order valence-corrected chi connectivity index (χ4v) is 2.69. The quantitative estimate of drug-likeness (QED) is 0.751. The van der Waals surface area contributed by atoms with Crippen LogP contribution in [0.1, 0.15) is 33.1 Å². The van der Waals surface area contributed by atoms with Crippen molar-refractivity contribution in [3.05, 3.63) is 41.7 Å². The van der Waals surface area contributed by atoms with Crippen molar-refractivity contribution in [3.8, 4) is 5.75 Å². The molecule has 3 rings (SSSR count). The molecule has 1 aromatic heterocycles. The zero-order valence-electron chi connectivity index (χ0n) is 14.3. The minimum absolute atomic E-state index is 0.408. The van der Waals surface area contributed by atoms with E-state index < -0.39 is 0 Å². The molecule has 0 saturated carbocycles. The van der Waals surface area contributed by atoms with E-state index in [0.29, 0.717) is 11.4 Å². The maximum atomic E-state index is 5.95. The Balaban J connectivity index is 1.55. The van der Waals surface area contributed by atoms with Crippen LogP contribution in [0, 0.1) is 5.92 Å². The van der Waals surface area contributed by atoms with Crippen LogP contribution in [0.3, 0.4) is 0 Å². The molecule has 0 aliphatic heterocycles. The average molecular weight is 327 g/mol. The van der Waals surface area contributed by atoms with E-state index in [2.05, 4.69) is 36.5 Å². The molecule has 5 nitrogen and oxygen atoms in total. The molecule has 0 bridgehead atoms. The highest BCUT2D eigenvalue weighted by Gasteiger charge is 2.11. The summed E-state index contributed by atoms with van der Waals surface area (Å²) in [6.07, 6.45) is 7.37. The third-order valence-corrected chi connectivity index (χ3v) is 4.17. The number of nitrogen functional groups attached to an aromatic ring is 1. The van der Waals surface area contributed by atoms with Crippen molar-refractivity contribution in [2.45, 2.75) is 33.1 Å². The SMILES string of the molecule is CC(C)CCNCC1=CC=C(Oc2ccc3c(N)noc3c2)CC1. The van der Waals surface area contributed by atoms with Crippen LogP contribution in [-0.2, 0) is 0 Å². The standard InChI is InChI=1S/C19H25N3O2/c1-13(2)9-10-21-12-14-3-5-15(6-4-14)23-16-7-8-17-18(11-16)24-22-19(17)20/h3,5,7-8,11,13,21H,4,6,9-10,12H2,1-2H3,(H2,20,22). The van der Waals surface area contributed by atoms with E-state index in [-0.39, 0.29) is 0 Å². The van der Waals surface area contributed by atoms with Gasteiger partial charge in [-0.2, -0.15) is 0 Å². The number of fused-ring (bicyclic) bond motifs is 1. The number of nitrogens with two attached hydrogens (primary N) is 1. The van der Waals surface area contributed by atoms with Crippen LogP contribution in [-0.4, -0.2) is 18.2 Å². The minimum atomic E-state index is 0.408. The van der Waals surface area contributed by atoms with Crippen molar-refractivity contribution < 1.29 is 9.26 Å². The fourth-order valence-electron chi connectivity index (χ4n) is 2.69. The molecule has 1 heterocycles. The molecule has 1 aliphatic rings. The Kier molecular flexibility index (Phi) is 5.20. The van der Waals surface area contributed by atoms with Gasteiger partial charge in [-0.1, -0.05) is 30.7 Å². The summed E-state index contributed by atoms with van der Waals surface area (Å²) in [7, 11) is 0. The molecule has 3 N–H and O–H groups in total. The van der Waals surface area contributed by atoms with Crippen molar-refractivity contribution in [1.29, 1.82) is 0 Å². The first kappa shape index (κ1) is 16.6. The summed E-state index contributed by atoms with van der Waals surface area (Å²) in [6.45, 7) is 6.53. The molecule has 0 amide bonds. The highest BCUT2D eigenvalue weighted by molar-refractivity contribution is 5.87. The molecule has 128 valence electrons. The molecule has 0 radical (unpaired) electrons. The molecule has 2 aromatic rings. The number of allylic oxidation sites excluding steroid dienone is 3. The van der Waals surface area contributed by atoms with Crippen LogP contribution >= 0.6 is 0 Å². The Morgan fingerprint density at radius 3 is 2.92 bits per heavy atom. The Morgan fingerprint density at radius 1 is 1.29 bits per heavy atom. The summed E-state index contributed by atoms with van der Waals surface area (Å²) in [4.78, 5) is 0. The van der Waals surface area contributed by atoms with Gasteiger partial charge in [0.25, 0.3) is 0 Å². The predicted octanol–water partition coefficient (Wildman–Crippen LogP) is 4.03. The van der Waals surface area contributed by atoms with Crippen molar-refractivity contribution in [2.24, 2.45) is 5.92 Å². The number of hydrogen-bond acceptors (Lipinski definition) is 5. The normalized spacial score (nSPS) is 14.8. The number of aromatic nitrogens is 1. The van der Waals surface area contributed by atoms with Crippen LogP contribution in [0.4, 0.5) is 5.82 Å². The first-order chi connectivity index (χ1) is 11.6. The van der Waals surface area contributed by atoms with Crippen molar-refractivity contribution in [2.75, 3.05) is 18.8 Å². The average Bonchev–Trinajstić information content (AvgIpc) is 2.94. The van der Waals surface area contributed by atoms with E-state index in [4.69, 9.17) is 15.0 Å². The lowest BCUT2D eigenvalue weighted by Crippen LogP contribution is -2.20. The summed E-state index contributed by atoms with van der Waals surface area (Å²) >= 11 is 0. The summed E-state index contributed by atoms with van der Waals surface area (Å²) < 4.78 is 11.1. The molecule has 5 heteroatoms. The van der Waals surface area contributed by atoms with Gasteiger partial charge < -0.3 is 20.3 Å². The van der Waals surface area contributed by atoms with Crippen LogP contribution < -0.4 is 15.8 Å². The van der Waals surface area contributed by atoms with Gasteiger partial charge in [0.1, 0.15) is 11.5 Å². The predicted molar refractivity (Wildman–Crippen MR) is 96.8 cm³/mol. The number of hydrogen-bond donors (Lipinski definition) is 2. The van der Waals surface area contributed by atoms with Gasteiger partial charge in [0, 0.05) is 19.0 Å². The highest BCUT2D eigenvalue weighted by atomic mass is 16.5. The number of benzene rings is 1. The Morgan fingerprint density at radius 2 is 2.17 bits per heavy atom. The third-order valence-electron chi connectivity index (χ3n) is 4.17. The van der Waals surface area contributed by atoms with Crippen molar-refractivity contribution in [1.82, 2.24) is 10.5 Å². The van der Waals surface area contributed by atoms with Gasteiger partial charge in [-0.3, -0.25) is 0 Å². The van der Waals surface area contributed by atoms with Gasteiger partial charge in [-0.15, -0.1) is 0 Å². The number of nitrogens with one attached hydrogen (secondary N) is 1. The molecular weight excluding hydrogens is 302 g/mol. The molecule has 0 fully saturated rings. The van der Waals surface area contributed by atoms with Crippen LogP contribution in [0.2, 0.25) is 0 Å². The van der Waals surface area contributed by atoms with E-state index in [1.165, 1.54) is 12.0 Å². The van der Waals surface area contributed by atoms with Gasteiger partial charge >= 0.3 is 0 Å². The van der Waals surface area contributed by atoms with E-state index in [0.717, 1.165) is 48.7 Å². The maximum Gasteiger partial charge on any atom is 0.174 e. The lowest BCUT2D eigenvalue weighted by atomic mass is 10.0. The minimum Gasteiger partial charge on any atom is -0.462 e. The Labute approximate surface area is 142 Å². The molecule has 0 spiro atoms. The highest BCUT2D eigenvalue weighted by Crippen LogP contribution is 2.27. The number of anilines is 1.